The second kappa shape index (κ2) is 10.3. The molecule has 2 saturated heterocycles. The minimum atomic E-state index is -1.06. The van der Waals surface area contributed by atoms with Gasteiger partial charge in [-0.2, -0.15) is 0 Å². The highest BCUT2D eigenvalue weighted by Gasteiger charge is 2.45. The second-order valence-corrected chi connectivity index (χ2v) is 9.86. The van der Waals surface area contributed by atoms with Crippen LogP contribution < -0.4 is 5.32 Å². The summed E-state index contributed by atoms with van der Waals surface area (Å²) in [6, 6.07) is 6.00. The first-order valence-electron chi connectivity index (χ1n) is 12.6. The lowest BCUT2D eigenvalue weighted by atomic mass is 9.76. The summed E-state index contributed by atoms with van der Waals surface area (Å²) in [5, 5.41) is 13.3. The lowest BCUT2D eigenvalue weighted by Crippen LogP contribution is -2.47. The van der Waals surface area contributed by atoms with Crippen molar-refractivity contribution < 1.29 is 33.4 Å². The number of fused-ring (bicyclic) bond motifs is 1. The molecule has 2 N–H and O–H groups in total. The van der Waals surface area contributed by atoms with Crippen LogP contribution in [0.2, 0.25) is 0 Å². The third-order valence-electron chi connectivity index (χ3n) is 7.62. The maximum Gasteiger partial charge on any atom is 0.407 e. The summed E-state index contributed by atoms with van der Waals surface area (Å²) in [7, 11) is 0. The van der Waals surface area contributed by atoms with Gasteiger partial charge < -0.3 is 24.3 Å². The van der Waals surface area contributed by atoms with Crippen molar-refractivity contribution in [1.29, 1.82) is 0 Å². The summed E-state index contributed by atoms with van der Waals surface area (Å²) in [4.78, 5) is 38.9. The number of likely N-dealkylation sites (tertiary alicyclic amines) is 1. The third-order valence-corrected chi connectivity index (χ3v) is 7.62. The first kappa shape index (κ1) is 23.7. The quantitative estimate of drug-likeness (QED) is 0.573. The van der Waals surface area contributed by atoms with Gasteiger partial charge in [0.1, 0.15) is 18.2 Å². The van der Waals surface area contributed by atoms with Crippen LogP contribution >= 0.6 is 0 Å². The summed E-state index contributed by atoms with van der Waals surface area (Å²) in [6.45, 7) is 1.27. The molecule has 0 spiro atoms. The highest BCUT2D eigenvalue weighted by Crippen LogP contribution is 2.39. The first-order chi connectivity index (χ1) is 17.0. The van der Waals surface area contributed by atoms with Gasteiger partial charge in [0.2, 0.25) is 11.7 Å². The number of ether oxygens (including phenoxy) is 2. The summed E-state index contributed by atoms with van der Waals surface area (Å²) in [5.74, 6) is -0.357. The molecule has 1 aliphatic carbocycles. The van der Waals surface area contributed by atoms with Crippen LogP contribution in [-0.4, -0.2) is 59.9 Å². The number of carboxylic acid groups (broad SMARTS) is 1. The topological polar surface area (TPSA) is 118 Å². The maximum absolute atomic E-state index is 13.3. The van der Waals surface area contributed by atoms with Crippen LogP contribution in [0.4, 0.5) is 10.5 Å². The molecule has 1 aromatic heterocycles. The number of esters is 1. The van der Waals surface area contributed by atoms with E-state index in [0.29, 0.717) is 42.1 Å². The van der Waals surface area contributed by atoms with E-state index in [1.807, 2.05) is 0 Å². The Morgan fingerprint density at radius 1 is 1.06 bits per heavy atom. The molecule has 9 nitrogen and oxygen atoms in total. The monoisotopic (exact) mass is 484 g/mol. The molecule has 3 aliphatic rings. The summed E-state index contributed by atoms with van der Waals surface area (Å²) >= 11 is 0. The van der Waals surface area contributed by atoms with Crippen molar-refractivity contribution in [2.24, 2.45) is 11.8 Å². The zero-order chi connectivity index (χ0) is 24.4. The van der Waals surface area contributed by atoms with Crippen LogP contribution in [0.1, 0.15) is 61.9 Å². The minimum Gasteiger partial charge on any atom is -0.465 e. The Kier molecular flexibility index (Phi) is 6.95. The van der Waals surface area contributed by atoms with Crippen LogP contribution in [0, 0.1) is 11.8 Å². The number of benzene rings is 1. The van der Waals surface area contributed by atoms with Gasteiger partial charge in [-0.3, -0.25) is 9.69 Å². The van der Waals surface area contributed by atoms with Crippen molar-refractivity contribution in [3.8, 4) is 0 Å². The number of nitrogens with one attached hydrogen (secondary N) is 1. The smallest absolute Gasteiger partial charge is 0.407 e. The van der Waals surface area contributed by atoms with Gasteiger partial charge in [0.15, 0.2) is 0 Å². The predicted molar refractivity (Wildman–Crippen MR) is 127 cm³/mol. The zero-order valence-corrected chi connectivity index (χ0v) is 19.7. The fraction of sp³-hybridized carbons (Fsp3) is 0.577. The van der Waals surface area contributed by atoms with Gasteiger partial charge in [-0.1, -0.05) is 32.1 Å². The van der Waals surface area contributed by atoms with Gasteiger partial charge >= 0.3 is 12.1 Å². The summed E-state index contributed by atoms with van der Waals surface area (Å²) in [5.41, 5.74) is 1.03. The average Bonchev–Trinajstić information content (AvgIpc) is 3.62. The van der Waals surface area contributed by atoms with E-state index in [1.165, 1.54) is 11.3 Å². The molecule has 1 unspecified atom stereocenters. The average molecular weight is 485 g/mol. The molecule has 2 aromatic rings. The van der Waals surface area contributed by atoms with Crippen LogP contribution in [-0.2, 0) is 14.3 Å². The molecule has 1 saturated carbocycles. The molecular weight excluding hydrogens is 452 g/mol. The molecule has 5 rings (SSSR count). The molecule has 2 amide bonds. The van der Waals surface area contributed by atoms with Gasteiger partial charge in [0.25, 0.3) is 0 Å². The molecule has 3 fully saturated rings. The van der Waals surface area contributed by atoms with Crippen LogP contribution in [0.25, 0.3) is 11.0 Å². The second-order valence-electron chi connectivity index (χ2n) is 9.86. The molecule has 1 aromatic carbocycles. The number of hydrogen-bond acceptors (Lipinski definition) is 6. The molecule has 9 heteroatoms. The minimum absolute atomic E-state index is 0.0364. The summed E-state index contributed by atoms with van der Waals surface area (Å²) in [6.07, 6.45) is 7.01. The zero-order valence-electron chi connectivity index (χ0n) is 19.7. The Balaban J connectivity index is 1.28. The predicted octanol–water partition coefficient (Wildman–Crippen LogP) is 4.66. The van der Waals surface area contributed by atoms with E-state index in [0.717, 1.165) is 38.5 Å². The Hall–Kier alpha value is -3.07. The highest BCUT2D eigenvalue weighted by molar-refractivity contribution is 5.99. The van der Waals surface area contributed by atoms with E-state index >= 15 is 0 Å². The highest BCUT2D eigenvalue weighted by atomic mass is 16.6. The summed E-state index contributed by atoms with van der Waals surface area (Å²) < 4.78 is 16.4. The van der Waals surface area contributed by atoms with Crippen molar-refractivity contribution in [3.63, 3.8) is 0 Å². The molecular formula is C26H32N2O7. The van der Waals surface area contributed by atoms with E-state index < -0.39 is 18.1 Å². The van der Waals surface area contributed by atoms with Gasteiger partial charge in [-0.15, -0.1) is 0 Å². The molecule has 0 bridgehead atoms. The number of amides is 2. The van der Waals surface area contributed by atoms with Crippen molar-refractivity contribution in [2.45, 2.75) is 63.5 Å². The molecule has 35 heavy (non-hydrogen) atoms. The molecule has 188 valence electrons. The number of rotatable bonds is 6. The fourth-order valence-corrected chi connectivity index (χ4v) is 5.88. The number of nitrogens with zero attached hydrogens (tertiary/aromatic N) is 1. The first-order valence-corrected chi connectivity index (χ1v) is 12.6. The SMILES string of the molecule is O=C(OCC1CCCO1)c1cc2cc(NC(=O)[C@@H]3[C@H](C4CCCCC4)CCN3C(=O)O)ccc2o1. The normalized spacial score (nSPS) is 25.1. The van der Waals surface area contributed by atoms with Gasteiger partial charge in [-0.25, -0.2) is 9.59 Å². The Bertz CT molecular complexity index is 1080. The van der Waals surface area contributed by atoms with Crippen LogP contribution in [0.15, 0.2) is 28.7 Å². The van der Waals surface area contributed by atoms with Gasteiger partial charge in [-0.05, 0) is 55.4 Å². The fourth-order valence-electron chi connectivity index (χ4n) is 5.88. The number of hydrogen-bond donors (Lipinski definition) is 2. The van der Waals surface area contributed by atoms with Gasteiger partial charge in [0, 0.05) is 24.2 Å². The molecule has 3 heterocycles. The van der Waals surface area contributed by atoms with Crippen LogP contribution in [0.3, 0.4) is 0 Å². The van der Waals surface area contributed by atoms with E-state index in [9.17, 15) is 19.5 Å². The third kappa shape index (κ3) is 5.15. The standard InChI is InChI=1S/C26H32N2O7/c29-24(23-20(10-11-28(23)26(31)32)16-5-2-1-3-6-16)27-18-8-9-21-17(13-18)14-22(35-21)25(30)34-15-19-7-4-12-33-19/h8-9,13-14,16,19-20,23H,1-7,10-12,15H2,(H,27,29)(H,31,32)/t19?,20-,23-/m0/s1. The lowest BCUT2D eigenvalue weighted by Gasteiger charge is -2.32. The van der Waals surface area contributed by atoms with E-state index in [4.69, 9.17) is 13.9 Å². The largest absolute Gasteiger partial charge is 0.465 e. The number of carbonyl (C=O) groups excluding carboxylic acids is 2. The van der Waals surface area contributed by atoms with Crippen molar-refractivity contribution in [1.82, 2.24) is 4.90 Å². The van der Waals surface area contributed by atoms with E-state index in [2.05, 4.69) is 5.32 Å². The number of carbonyl (C=O) groups is 3. The maximum atomic E-state index is 13.3. The van der Waals surface area contributed by atoms with E-state index in [-0.39, 0.29) is 30.3 Å². The molecule has 0 radical (unpaired) electrons. The van der Waals surface area contributed by atoms with Crippen LogP contribution in [0.5, 0.6) is 0 Å². The lowest BCUT2D eigenvalue weighted by molar-refractivity contribution is -0.121. The van der Waals surface area contributed by atoms with Crippen molar-refractivity contribution >= 4 is 34.6 Å². The van der Waals surface area contributed by atoms with Gasteiger partial charge in [0.05, 0.1) is 6.10 Å². The van der Waals surface area contributed by atoms with E-state index in [1.54, 1.807) is 24.3 Å². The Morgan fingerprint density at radius 2 is 1.89 bits per heavy atom. The number of anilines is 1. The van der Waals surface area contributed by atoms with Crippen molar-refractivity contribution in [3.05, 3.63) is 30.0 Å². The Morgan fingerprint density at radius 3 is 2.63 bits per heavy atom. The number of furan rings is 1. The Labute approximate surface area is 203 Å². The molecule has 3 atom stereocenters. The van der Waals surface area contributed by atoms with Crippen molar-refractivity contribution in [2.75, 3.05) is 25.1 Å². The molecule has 2 aliphatic heterocycles.